The number of nitrogens with zero attached hydrogens (tertiary/aromatic N) is 1. The zero-order valence-electron chi connectivity index (χ0n) is 11.8. The summed E-state index contributed by atoms with van der Waals surface area (Å²) >= 11 is 0. The van der Waals surface area contributed by atoms with Crippen LogP contribution in [-0.2, 0) is 9.53 Å². The first kappa shape index (κ1) is 14.5. The van der Waals surface area contributed by atoms with Gasteiger partial charge in [0.1, 0.15) is 11.8 Å². The van der Waals surface area contributed by atoms with Gasteiger partial charge in [0.05, 0.1) is 6.10 Å². The lowest BCUT2D eigenvalue weighted by Crippen LogP contribution is -2.28. The van der Waals surface area contributed by atoms with Crippen LogP contribution in [-0.4, -0.2) is 36.1 Å². The number of pyridine rings is 1. The van der Waals surface area contributed by atoms with E-state index in [1.807, 2.05) is 6.92 Å². The van der Waals surface area contributed by atoms with E-state index >= 15 is 0 Å². The van der Waals surface area contributed by atoms with Crippen molar-refractivity contribution in [2.24, 2.45) is 5.92 Å². The number of amides is 2. The highest BCUT2D eigenvalue weighted by molar-refractivity contribution is 5.97. The Labute approximate surface area is 117 Å². The SMILES string of the molecule is CNC(=O)c1cc(NC(=O)C2C[C@H](C)C(C)O2)ccn1. The number of hydrogen-bond donors (Lipinski definition) is 2. The molecule has 1 aromatic heterocycles. The van der Waals surface area contributed by atoms with Gasteiger partial charge in [-0.25, -0.2) is 0 Å². The van der Waals surface area contributed by atoms with Gasteiger partial charge >= 0.3 is 0 Å². The van der Waals surface area contributed by atoms with Crippen molar-refractivity contribution in [2.75, 3.05) is 12.4 Å². The van der Waals surface area contributed by atoms with Crippen LogP contribution in [0.2, 0.25) is 0 Å². The topological polar surface area (TPSA) is 80.3 Å². The van der Waals surface area contributed by atoms with Crippen molar-refractivity contribution in [3.8, 4) is 0 Å². The fourth-order valence-corrected chi connectivity index (χ4v) is 2.13. The van der Waals surface area contributed by atoms with Crippen molar-refractivity contribution >= 4 is 17.5 Å². The molecule has 3 atom stereocenters. The second kappa shape index (κ2) is 6.00. The van der Waals surface area contributed by atoms with Crippen LogP contribution in [0.3, 0.4) is 0 Å². The van der Waals surface area contributed by atoms with E-state index in [0.29, 0.717) is 18.0 Å². The van der Waals surface area contributed by atoms with Crippen LogP contribution in [0, 0.1) is 5.92 Å². The third-order valence-corrected chi connectivity index (χ3v) is 3.55. The third kappa shape index (κ3) is 3.14. The molecule has 1 saturated heterocycles. The Hall–Kier alpha value is -1.95. The van der Waals surface area contributed by atoms with E-state index in [1.165, 1.54) is 13.2 Å². The van der Waals surface area contributed by atoms with Crippen LogP contribution in [0.25, 0.3) is 0 Å². The molecule has 2 unspecified atom stereocenters. The molecule has 0 bridgehead atoms. The van der Waals surface area contributed by atoms with E-state index in [-0.39, 0.29) is 23.6 Å². The zero-order chi connectivity index (χ0) is 14.7. The van der Waals surface area contributed by atoms with Gasteiger partial charge in [0.2, 0.25) is 0 Å². The van der Waals surface area contributed by atoms with Crippen molar-refractivity contribution in [1.82, 2.24) is 10.3 Å². The van der Waals surface area contributed by atoms with Gasteiger partial charge in [-0.15, -0.1) is 0 Å². The van der Waals surface area contributed by atoms with Crippen molar-refractivity contribution in [2.45, 2.75) is 32.5 Å². The van der Waals surface area contributed by atoms with Crippen LogP contribution in [0.4, 0.5) is 5.69 Å². The summed E-state index contributed by atoms with van der Waals surface area (Å²) in [5.74, 6) is -0.111. The predicted octanol–water partition coefficient (Wildman–Crippen LogP) is 1.19. The number of aromatic nitrogens is 1. The number of rotatable bonds is 3. The van der Waals surface area contributed by atoms with Gasteiger partial charge in [-0.05, 0) is 31.4 Å². The first-order chi connectivity index (χ1) is 9.51. The van der Waals surface area contributed by atoms with Crippen LogP contribution in [0.1, 0.15) is 30.8 Å². The lowest BCUT2D eigenvalue weighted by atomic mass is 10.0. The summed E-state index contributed by atoms with van der Waals surface area (Å²) in [4.78, 5) is 27.5. The molecule has 0 radical (unpaired) electrons. The molecule has 1 aliphatic heterocycles. The highest BCUT2D eigenvalue weighted by Gasteiger charge is 2.33. The molecule has 6 nitrogen and oxygen atoms in total. The van der Waals surface area contributed by atoms with Crippen LogP contribution < -0.4 is 10.6 Å². The molecule has 0 spiro atoms. The van der Waals surface area contributed by atoms with Gasteiger partial charge in [0, 0.05) is 18.9 Å². The van der Waals surface area contributed by atoms with E-state index < -0.39 is 6.10 Å². The van der Waals surface area contributed by atoms with Crippen molar-refractivity contribution in [1.29, 1.82) is 0 Å². The summed E-state index contributed by atoms with van der Waals surface area (Å²) in [6.07, 6.45) is 1.85. The third-order valence-electron chi connectivity index (χ3n) is 3.55. The van der Waals surface area contributed by atoms with E-state index in [9.17, 15) is 9.59 Å². The molecule has 0 saturated carbocycles. The molecule has 0 aliphatic carbocycles. The fourth-order valence-electron chi connectivity index (χ4n) is 2.13. The second-order valence-corrected chi connectivity index (χ2v) is 5.04. The van der Waals surface area contributed by atoms with Gasteiger partial charge in [-0.2, -0.15) is 0 Å². The molecule has 108 valence electrons. The number of ether oxygens (including phenoxy) is 1. The Morgan fingerprint density at radius 1 is 1.40 bits per heavy atom. The molecular weight excluding hydrogens is 258 g/mol. The summed E-state index contributed by atoms with van der Waals surface area (Å²) in [6.45, 7) is 4.03. The van der Waals surface area contributed by atoms with Gasteiger partial charge in [-0.1, -0.05) is 6.92 Å². The van der Waals surface area contributed by atoms with Crippen LogP contribution in [0.5, 0.6) is 0 Å². The summed E-state index contributed by atoms with van der Waals surface area (Å²) < 4.78 is 5.60. The number of carbonyl (C=O) groups is 2. The maximum atomic E-state index is 12.1. The largest absolute Gasteiger partial charge is 0.365 e. The minimum Gasteiger partial charge on any atom is -0.365 e. The molecule has 20 heavy (non-hydrogen) atoms. The molecule has 2 heterocycles. The Morgan fingerprint density at radius 2 is 2.15 bits per heavy atom. The Morgan fingerprint density at radius 3 is 2.75 bits per heavy atom. The molecule has 1 aromatic rings. The molecule has 0 aromatic carbocycles. The highest BCUT2D eigenvalue weighted by atomic mass is 16.5. The average Bonchev–Trinajstić information content (AvgIpc) is 2.78. The van der Waals surface area contributed by atoms with Crippen molar-refractivity contribution < 1.29 is 14.3 Å². The summed E-state index contributed by atoms with van der Waals surface area (Å²) in [7, 11) is 1.53. The lowest BCUT2D eigenvalue weighted by molar-refractivity contribution is -0.126. The smallest absolute Gasteiger partial charge is 0.269 e. The molecular formula is C14H19N3O3. The maximum Gasteiger partial charge on any atom is 0.269 e. The number of nitrogens with one attached hydrogen (secondary N) is 2. The first-order valence-corrected chi connectivity index (χ1v) is 6.65. The summed E-state index contributed by atoms with van der Waals surface area (Å²) in [5.41, 5.74) is 0.804. The van der Waals surface area contributed by atoms with Crippen LogP contribution >= 0.6 is 0 Å². The van der Waals surface area contributed by atoms with Crippen molar-refractivity contribution in [3.05, 3.63) is 24.0 Å². The Bertz CT molecular complexity index is 508. The molecule has 2 amide bonds. The quantitative estimate of drug-likeness (QED) is 0.869. The lowest BCUT2D eigenvalue weighted by Gasteiger charge is -2.12. The summed E-state index contributed by atoms with van der Waals surface area (Å²) in [6, 6.07) is 3.19. The van der Waals surface area contributed by atoms with Gasteiger partial charge in [0.25, 0.3) is 11.8 Å². The number of anilines is 1. The van der Waals surface area contributed by atoms with Gasteiger partial charge in [0.15, 0.2) is 0 Å². The molecule has 2 N–H and O–H groups in total. The van der Waals surface area contributed by atoms with Crippen molar-refractivity contribution in [3.63, 3.8) is 0 Å². The van der Waals surface area contributed by atoms with Gasteiger partial charge in [-0.3, -0.25) is 14.6 Å². The molecule has 1 fully saturated rings. The Balaban J connectivity index is 2.03. The molecule has 2 rings (SSSR count). The zero-order valence-corrected chi connectivity index (χ0v) is 11.8. The second-order valence-electron chi connectivity index (χ2n) is 5.04. The van der Waals surface area contributed by atoms with E-state index in [0.717, 1.165) is 0 Å². The number of hydrogen-bond acceptors (Lipinski definition) is 4. The molecule has 1 aliphatic rings. The van der Waals surface area contributed by atoms with Gasteiger partial charge < -0.3 is 15.4 Å². The average molecular weight is 277 g/mol. The fraction of sp³-hybridized carbons (Fsp3) is 0.500. The maximum absolute atomic E-state index is 12.1. The van der Waals surface area contributed by atoms with E-state index in [4.69, 9.17) is 4.74 Å². The normalized spacial score (nSPS) is 25.2. The monoisotopic (exact) mass is 277 g/mol. The summed E-state index contributed by atoms with van der Waals surface area (Å²) in [5, 5.41) is 5.25. The minimum atomic E-state index is -0.434. The standard InChI is InChI=1S/C14H19N3O3/c1-8-6-12(20-9(8)2)14(19)17-10-4-5-16-11(7-10)13(18)15-3/h4-5,7-9,12H,6H2,1-3H3,(H,15,18)(H,16,17,19)/t8-,9?,12?/m0/s1. The molecule has 6 heteroatoms. The van der Waals surface area contributed by atoms with Crippen LogP contribution in [0.15, 0.2) is 18.3 Å². The number of carbonyl (C=O) groups excluding carboxylic acids is 2. The Kier molecular flexibility index (Phi) is 4.34. The predicted molar refractivity (Wildman–Crippen MR) is 74.4 cm³/mol. The van der Waals surface area contributed by atoms with E-state index in [1.54, 1.807) is 12.1 Å². The minimum absolute atomic E-state index is 0.0876. The first-order valence-electron chi connectivity index (χ1n) is 6.65. The van der Waals surface area contributed by atoms with E-state index in [2.05, 4.69) is 22.5 Å². The highest BCUT2D eigenvalue weighted by Crippen LogP contribution is 2.26.